The van der Waals surface area contributed by atoms with Crippen LogP contribution in [0.25, 0.3) is 0 Å². The Balaban J connectivity index is 1.76. The van der Waals surface area contributed by atoms with Crippen LogP contribution in [0.5, 0.6) is 0 Å². The number of urea groups is 1. The zero-order valence-corrected chi connectivity index (χ0v) is 14.4. The van der Waals surface area contributed by atoms with Crippen LogP contribution in [0.4, 0.5) is 4.79 Å². The number of nitrogens with one attached hydrogen (secondary N) is 2. The van der Waals surface area contributed by atoms with Crippen molar-refractivity contribution in [3.05, 3.63) is 65.7 Å². The molecule has 0 saturated carbocycles. The molecule has 25 heavy (non-hydrogen) atoms. The molecular weight excluding hydrogens is 344 g/mol. The maximum Gasteiger partial charge on any atom is 0.321 e. The van der Waals surface area contributed by atoms with Gasteiger partial charge in [0.15, 0.2) is 0 Å². The second kappa shape index (κ2) is 8.41. The van der Waals surface area contributed by atoms with E-state index in [-0.39, 0.29) is 18.0 Å². The molecule has 0 atom stereocenters. The molecule has 2 rings (SSSR count). The van der Waals surface area contributed by atoms with E-state index in [2.05, 4.69) is 10.6 Å². The number of rotatable bonds is 6. The smallest absolute Gasteiger partial charge is 0.321 e. The van der Waals surface area contributed by atoms with Crippen molar-refractivity contribution >= 4 is 22.1 Å². The number of hydrogen-bond donors (Lipinski definition) is 2. The molecule has 8 heteroatoms. The summed E-state index contributed by atoms with van der Waals surface area (Å²) in [6.45, 7) is 1.53. The first-order chi connectivity index (χ1) is 11.9. The molecule has 0 aliphatic carbocycles. The molecule has 0 spiro atoms. The summed E-state index contributed by atoms with van der Waals surface area (Å²) in [6.07, 6.45) is 0. The lowest BCUT2D eigenvalue weighted by molar-refractivity contribution is 0.0963. The molecule has 0 aliphatic rings. The van der Waals surface area contributed by atoms with Crippen molar-refractivity contribution in [1.29, 1.82) is 0 Å². The number of amides is 3. The maximum atomic E-state index is 11.9. The Morgan fingerprint density at radius 1 is 1.00 bits per heavy atom. The van der Waals surface area contributed by atoms with E-state index in [9.17, 15) is 18.0 Å². The van der Waals surface area contributed by atoms with Gasteiger partial charge in [0.05, 0.1) is 11.5 Å². The number of hydrogen-bond acceptors (Lipinski definition) is 5. The Morgan fingerprint density at radius 3 is 2.28 bits per heavy atom. The fraction of sp³-hybridized carbons (Fsp3) is 0.176. The Morgan fingerprint density at radius 2 is 1.64 bits per heavy atom. The fourth-order valence-electron chi connectivity index (χ4n) is 1.90. The number of aryl methyl sites for hydroxylation is 1. The Labute approximate surface area is 146 Å². The number of imide groups is 1. The minimum Gasteiger partial charge on any atom is -0.335 e. The minimum absolute atomic E-state index is 0.0433. The Bertz CT molecular complexity index is 833. The van der Waals surface area contributed by atoms with E-state index in [4.69, 9.17) is 4.18 Å². The lowest BCUT2D eigenvalue weighted by atomic mass is 10.2. The van der Waals surface area contributed by atoms with Crippen LogP contribution in [0.2, 0.25) is 0 Å². The molecule has 132 valence electrons. The third-order valence-corrected chi connectivity index (χ3v) is 4.53. The highest BCUT2D eigenvalue weighted by atomic mass is 32.2. The van der Waals surface area contributed by atoms with Gasteiger partial charge < -0.3 is 5.32 Å². The fourth-order valence-corrected chi connectivity index (χ4v) is 2.81. The van der Waals surface area contributed by atoms with Gasteiger partial charge >= 0.3 is 6.03 Å². The van der Waals surface area contributed by atoms with Crippen molar-refractivity contribution in [1.82, 2.24) is 10.6 Å². The van der Waals surface area contributed by atoms with E-state index in [0.29, 0.717) is 5.56 Å². The zero-order valence-electron chi connectivity index (χ0n) is 13.6. The Hall–Kier alpha value is -2.71. The van der Waals surface area contributed by atoms with Gasteiger partial charge in [-0.2, -0.15) is 8.42 Å². The van der Waals surface area contributed by atoms with E-state index in [0.717, 1.165) is 5.56 Å². The third kappa shape index (κ3) is 5.70. The standard InChI is InChI=1S/C17H18N2O5S/c1-13-7-9-15(10-8-13)25(22,23)24-12-11-18-17(21)19-16(20)14-5-3-2-4-6-14/h2-10H,11-12H2,1H3,(H2,18,19,20,21). The summed E-state index contributed by atoms with van der Waals surface area (Å²) in [4.78, 5) is 23.4. The SMILES string of the molecule is Cc1ccc(S(=O)(=O)OCCNC(=O)NC(=O)c2ccccc2)cc1. The molecule has 3 amide bonds. The van der Waals surface area contributed by atoms with Gasteiger partial charge in [-0.1, -0.05) is 35.9 Å². The van der Waals surface area contributed by atoms with Gasteiger partial charge in [-0.3, -0.25) is 14.3 Å². The Kier molecular flexibility index (Phi) is 6.26. The van der Waals surface area contributed by atoms with E-state index in [1.807, 2.05) is 6.92 Å². The summed E-state index contributed by atoms with van der Waals surface area (Å²) in [5.41, 5.74) is 1.27. The van der Waals surface area contributed by atoms with E-state index < -0.39 is 22.1 Å². The highest BCUT2D eigenvalue weighted by Crippen LogP contribution is 2.12. The predicted molar refractivity (Wildman–Crippen MR) is 91.6 cm³/mol. The van der Waals surface area contributed by atoms with Crippen LogP contribution >= 0.6 is 0 Å². The first kappa shape index (κ1) is 18.6. The molecule has 0 unspecified atom stereocenters. The topological polar surface area (TPSA) is 102 Å². The van der Waals surface area contributed by atoms with Gasteiger partial charge in [-0.15, -0.1) is 0 Å². The van der Waals surface area contributed by atoms with Gasteiger partial charge in [0.1, 0.15) is 0 Å². The van der Waals surface area contributed by atoms with Crippen molar-refractivity contribution in [3.8, 4) is 0 Å². The van der Waals surface area contributed by atoms with E-state index in [1.54, 1.807) is 42.5 Å². The van der Waals surface area contributed by atoms with Crippen molar-refractivity contribution in [2.24, 2.45) is 0 Å². The summed E-state index contributed by atoms with van der Waals surface area (Å²) in [7, 11) is -3.88. The van der Waals surface area contributed by atoms with E-state index >= 15 is 0 Å². The molecule has 7 nitrogen and oxygen atoms in total. The predicted octanol–water partition coefficient (Wildman–Crippen LogP) is 1.84. The van der Waals surface area contributed by atoms with Gasteiger partial charge in [-0.25, -0.2) is 4.79 Å². The average molecular weight is 362 g/mol. The van der Waals surface area contributed by atoms with Gasteiger partial charge in [0.2, 0.25) is 0 Å². The molecular formula is C17H18N2O5S. The number of benzene rings is 2. The number of carbonyl (C=O) groups excluding carboxylic acids is 2. The molecule has 0 bridgehead atoms. The highest BCUT2D eigenvalue weighted by molar-refractivity contribution is 7.86. The number of carbonyl (C=O) groups is 2. The second-order valence-electron chi connectivity index (χ2n) is 5.17. The maximum absolute atomic E-state index is 11.9. The molecule has 2 aromatic carbocycles. The summed E-state index contributed by atoms with van der Waals surface area (Å²) in [5, 5.41) is 4.49. The zero-order chi connectivity index (χ0) is 18.3. The van der Waals surface area contributed by atoms with Crippen LogP contribution in [0.3, 0.4) is 0 Å². The van der Waals surface area contributed by atoms with Crippen LogP contribution in [-0.2, 0) is 14.3 Å². The van der Waals surface area contributed by atoms with Crippen molar-refractivity contribution in [2.45, 2.75) is 11.8 Å². The van der Waals surface area contributed by atoms with Crippen molar-refractivity contribution < 1.29 is 22.2 Å². The molecule has 0 saturated heterocycles. The summed E-state index contributed by atoms with van der Waals surface area (Å²) in [5.74, 6) is -0.550. The van der Waals surface area contributed by atoms with Gasteiger partial charge in [0, 0.05) is 12.1 Å². The molecule has 0 aliphatic heterocycles. The summed E-state index contributed by atoms with van der Waals surface area (Å²) < 4.78 is 28.7. The lowest BCUT2D eigenvalue weighted by Crippen LogP contribution is -2.40. The summed E-state index contributed by atoms with van der Waals surface area (Å²) in [6, 6.07) is 13.7. The quantitative estimate of drug-likeness (QED) is 0.603. The van der Waals surface area contributed by atoms with Crippen LogP contribution in [-0.4, -0.2) is 33.5 Å². The molecule has 0 radical (unpaired) electrons. The molecule has 0 aromatic heterocycles. The van der Waals surface area contributed by atoms with Crippen LogP contribution in [0, 0.1) is 6.92 Å². The molecule has 2 N–H and O–H groups in total. The van der Waals surface area contributed by atoms with Crippen molar-refractivity contribution in [2.75, 3.05) is 13.2 Å². The van der Waals surface area contributed by atoms with Gasteiger partial charge in [0.25, 0.3) is 16.0 Å². The van der Waals surface area contributed by atoms with Gasteiger partial charge in [-0.05, 0) is 31.2 Å². The van der Waals surface area contributed by atoms with E-state index in [1.165, 1.54) is 12.1 Å². The second-order valence-corrected chi connectivity index (χ2v) is 6.78. The molecule has 0 fully saturated rings. The van der Waals surface area contributed by atoms with Crippen LogP contribution in [0.1, 0.15) is 15.9 Å². The normalized spacial score (nSPS) is 10.9. The third-order valence-electron chi connectivity index (χ3n) is 3.20. The average Bonchev–Trinajstić information content (AvgIpc) is 2.60. The molecule has 0 heterocycles. The lowest BCUT2D eigenvalue weighted by Gasteiger charge is -2.08. The summed E-state index contributed by atoms with van der Waals surface area (Å²) >= 11 is 0. The van der Waals surface area contributed by atoms with Crippen molar-refractivity contribution in [3.63, 3.8) is 0 Å². The monoisotopic (exact) mass is 362 g/mol. The molecule has 2 aromatic rings. The van der Waals surface area contributed by atoms with Crippen LogP contribution in [0.15, 0.2) is 59.5 Å². The first-order valence-corrected chi connectivity index (χ1v) is 8.89. The largest absolute Gasteiger partial charge is 0.335 e. The van der Waals surface area contributed by atoms with Crippen LogP contribution < -0.4 is 10.6 Å². The first-order valence-electron chi connectivity index (χ1n) is 7.49. The minimum atomic E-state index is -3.88. The highest BCUT2D eigenvalue weighted by Gasteiger charge is 2.15.